The molecule has 2 rings (SSSR count). The molecular formula is C16H17ClN2O2. The molecule has 0 bridgehead atoms. The summed E-state index contributed by atoms with van der Waals surface area (Å²) in [7, 11) is 0. The number of nitrogens with one attached hydrogen (secondary N) is 2. The largest absolute Gasteiger partial charge is 0.492 e. The standard InChI is InChI=1S/C16H17ClN2O2/c1-2-21-15-6-4-3-5-14(15)19-16(20)18-11-12-7-9-13(17)10-8-12/h3-10H,2,11H2,1H3,(H2,18,19,20). The van der Waals surface area contributed by atoms with E-state index in [1.807, 2.05) is 37.3 Å². The second-order valence-corrected chi connectivity index (χ2v) is 4.80. The van der Waals surface area contributed by atoms with Gasteiger partial charge in [-0.15, -0.1) is 0 Å². The molecule has 0 spiro atoms. The molecule has 0 atom stereocenters. The van der Waals surface area contributed by atoms with E-state index in [0.717, 1.165) is 5.56 Å². The first-order chi connectivity index (χ1) is 10.2. The Bertz CT molecular complexity index is 599. The molecule has 5 heteroatoms. The Labute approximate surface area is 129 Å². The Morgan fingerprint density at radius 1 is 1.14 bits per heavy atom. The van der Waals surface area contributed by atoms with Crippen molar-refractivity contribution in [3.05, 3.63) is 59.1 Å². The van der Waals surface area contributed by atoms with Crippen LogP contribution in [0, 0.1) is 0 Å². The highest BCUT2D eigenvalue weighted by Crippen LogP contribution is 2.23. The van der Waals surface area contributed by atoms with Gasteiger partial charge < -0.3 is 15.4 Å². The molecule has 0 radical (unpaired) electrons. The van der Waals surface area contributed by atoms with Crippen LogP contribution in [0.4, 0.5) is 10.5 Å². The number of anilines is 1. The molecule has 0 unspecified atom stereocenters. The van der Waals surface area contributed by atoms with E-state index in [9.17, 15) is 4.79 Å². The number of para-hydroxylation sites is 2. The number of rotatable bonds is 5. The van der Waals surface area contributed by atoms with E-state index < -0.39 is 0 Å². The smallest absolute Gasteiger partial charge is 0.319 e. The zero-order valence-electron chi connectivity index (χ0n) is 11.7. The summed E-state index contributed by atoms with van der Waals surface area (Å²) in [4.78, 5) is 11.9. The predicted molar refractivity (Wildman–Crippen MR) is 84.9 cm³/mol. The molecule has 0 aliphatic carbocycles. The molecule has 0 aromatic heterocycles. The highest BCUT2D eigenvalue weighted by molar-refractivity contribution is 6.30. The molecule has 0 fully saturated rings. The van der Waals surface area contributed by atoms with E-state index in [4.69, 9.17) is 16.3 Å². The Balaban J connectivity index is 1.91. The number of carbonyl (C=O) groups is 1. The van der Waals surface area contributed by atoms with Crippen LogP contribution < -0.4 is 15.4 Å². The molecule has 0 saturated heterocycles. The Kier molecular flexibility index (Phi) is 5.46. The maximum absolute atomic E-state index is 11.9. The van der Waals surface area contributed by atoms with Crippen molar-refractivity contribution >= 4 is 23.3 Å². The van der Waals surface area contributed by atoms with Crippen LogP contribution in [0.5, 0.6) is 5.75 Å². The van der Waals surface area contributed by atoms with Crippen LogP contribution in [0.1, 0.15) is 12.5 Å². The van der Waals surface area contributed by atoms with Crippen LogP contribution in [0.3, 0.4) is 0 Å². The zero-order valence-corrected chi connectivity index (χ0v) is 12.5. The molecule has 2 aromatic carbocycles. The fourth-order valence-electron chi connectivity index (χ4n) is 1.80. The molecular weight excluding hydrogens is 288 g/mol. The minimum absolute atomic E-state index is 0.280. The monoisotopic (exact) mass is 304 g/mol. The van der Waals surface area contributed by atoms with Gasteiger partial charge in [-0.2, -0.15) is 0 Å². The van der Waals surface area contributed by atoms with Gasteiger partial charge >= 0.3 is 6.03 Å². The second kappa shape index (κ2) is 7.55. The highest BCUT2D eigenvalue weighted by atomic mass is 35.5. The van der Waals surface area contributed by atoms with Gasteiger partial charge in [-0.3, -0.25) is 0 Å². The molecule has 0 heterocycles. The average Bonchev–Trinajstić information content (AvgIpc) is 2.49. The highest BCUT2D eigenvalue weighted by Gasteiger charge is 2.06. The van der Waals surface area contributed by atoms with Gasteiger partial charge in [0.1, 0.15) is 5.75 Å². The molecule has 0 saturated carbocycles. The Morgan fingerprint density at radius 2 is 1.86 bits per heavy atom. The number of hydrogen-bond acceptors (Lipinski definition) is 2. The predicted octanol–water partition coefficient (Wildman–Crippen LogP) is 4.06. The molecule has 21 heavy (non-hydrogen) atoms. The maximum Gasteiger partial charge on any atom is 0.319 e. The van der Waals surface area contributed by atoms with Crippen molar-refractivity contribution in [3.8, 4) is 5.75 Å². The third-order valence-electron chi connectivity index (χ3n) is 2.80. The minimum atomic E-state index is -0.280. The molecule has 4 nitrogen and oxygen atoms in total. The summed E-state index contributed by atoms with van der Waals surface area (Å²) < 4.78 is 5.46. The van der Waals surface area contributed by atoms with E-state index in [0.29, 0.717) is 29.6 Å². The first kappa shape index (κ1) is 15.2. The quantitative estimate of drug-likeness (QED) is 0.875. The zero-order chi connectivity index (χ0) is 15.1. The number of carbonyl (C=O) groups excluding carboxylic acids is 1. The number of amides is 2. The van der Waals surface area contributed by atoms with Crippen LogP contribution in [-0.4, -0.2) is 12.6 Å². The maximum atomic E-state index is 11.9. The minimum Gasteiger partial charge on any atom is -0.492 e. The summed E-state index contributed by atoms with van der Waals surface area (Å²) in [6.07, 6.45) is 0. The lowest BCUT2D eigenvalue weighted by molar-refractivity contribution is 0.251. The summed E-state index contributed by atoms with van der Waals surface area (Å²) in [6.45, 7) is 2.88. The summed E-state index contributed by atoms with van der Waals surface area (Å²) >= 11 is 5.82. The lowest BCUT2D eigenvalue weighted by Gasteiger charge is -2.12. The van der Waals surface area contributed by atoms with Gasteiger partial charge in [0.2, 0.25) is 0 Å². The van der Waals surface area contributed by atoms with Gasteiger partial charge in [-0.05, 0) is 36.8 Å². The number of halogens is 1. The normalized spacial score (nSPS) is 10.0. The van der Waals surface area contributed by atoms with Crippen LogP contribution in [0.15, 0.2) is 48.5 Å². The molecule has 110 valence electrons. The molecule has 0 aliphatic heterocycles. The lowest BCUT2D eigenvalue weighted by Crippen LogP contribution is -2.28. The van der Waals surface area contributed by atoms with Gasteiger partial charge in [0.05, 0.1) is 12.3 Å². The number of hydrogen-bond donors (Lipinski definition) is 2. The lowest BCUT2D eigenvalue weighted by atomic mass is 10.2. The van der Waals surface area contributed by atoms with Crippen LogP contribution >= 0.6 is 11.6 Å². The van der Waals surface area contributed by atoms with Crippen LogP contribution in [-0.2, 0) is 6.54 Å². The topological polar surface area (TPSA) is 50.4 Å². The van der Waals surface area contributed by atoms with Crippen molar-refractivity contribution < 1.29 is 9.53 Å². The van der Waals surface area contributed by atoms with E-state index >= 15 is 0 Å². The summed E-state index contributed by atoms with van der Waals surface area (Å²) in [5.74, 6) is 0.654. The fourth-order valence-corrected chi connectivity index (χ4v) is 1.93. The van der Waals surface area contributed by atoms with E-state index in [1.165, 1.54) is 0 Å². The third kappa shape index (κ3) is 4.68. The van der Waals surface area contributed by atoms with Gasteiger partial charge in [0.25, 0.3) is 0 Å². The van der Waals surface area contributed by atoms with Crippen molar-refractivity contribution in [3.63, 3.8) is 0 Å². The fraction of sp³-hybridized carbons (Fsp3) is 0.188. The van der Waals surface area contributed by atoms with Crippen molar-refractivity contribution in [2.45, 2.75) is 13.5 Å². The van der Waals surface area contributed by atoms with E-state index in [2.05, 4.69) is 10.6 Å². The van der Waals surface area contributed by atoms with Gasteiger partial charge in [0, 0.05) is 11.6 Å². The third-order valence-corrected chi connectivity index (χ3v) is 3.05. The second-order valence-electron chi connectivity index (χ2n) is 4.36. The molecule has 2 aromatic rings. The number of benzene rings is 2. The number of urea groups is 1. The van der Waals surface area contributed by atoms with Crippen LogP contribution in [0.25, 0.3) is 0 Å². The molecule has 2 amide bonds. The van der Waals surface area contributed by atoms with Crippen LogP contribution in [0.2, 0.25) is 5.02 Å². The first-order valence-electron chi connectivity index (χ1n) is 6.70. The SMILES string of the molecule is CCOc1ccccc1NC(=O)NCc1ccc(Cl)cc1. The van der Waals surface area contributed by atoms with Crippen molar-refractivity contribution in [1.82, 2.24) is 5.32 Å². The first-order valence-corrected chi connectivity index (χ1v) is 7.08. The van der Waals surface area contributed by atoms with Crippen molar-refractivity contribution in [2.75, 3.05) is 11.9 Å². The van der Waals surface area contributed by atoms with Crippen molar-refractivity contribution in [2.24, 2.45) is 0 Å². The van der Waals surface area contributed by atoms with Gasteiger partial charge in [-0.1, -0.05) is 35.9 Å². The van der Waals surface area contributed by atoms with Gasteiger partial charge in [0.15, 0.2) is 0 Å². The molecule has 2 N–H and O–H groups in total. The molecule has 0 aliphatic rings. The average molecular weight is 305 g/mol. The summed E-state index contributed by atoms with van der Waals surface area (Å²) in [6, 6.07) is 14.4. The van der Waals surface area contributed by atoms with Crippen molar-refractivity contribution in [1.29, 1.82) is 0 Å². The number of ether oxygens (including phenoxy) is 1. The van der Waals surface area contributed by atoms with E-state index in [-0.39, 0.29) is 6.03 Å². The van der Waals surface area contributed by atoms with Gasteiger partial charge in [-0.25, -0.2) is 4.79 Å². The Morgan fingerprint density at radius 3 is 2.57 bits per heavy atom. The van der Waals surface area contributed by atoms with E-state index in [1.54, 1.807) is 18.2 Å². The Hall–Kier alpha value is -2.20. The summed E-state index contributed by atoms with van der Waals surface area (Å²) in [5, 5.41) is 6.24. The summed E-state index contributed by atoms with van der Waals surface area (Å²) in [5.41, 5.74) is 1.63.